The van der Waals surface area contributed by atoms with Crippen LogP contribution < -0.4 is 11.5 Å². The zero-order valence-electron chi connectivity index (χ0n) is 5.21. The lowest BCUT2D eigenvalue weighted by Gasteiger charge is -1.98. The van der Waals surface area contributed by atoms with Crippen LogP contribution in [-0.4, -0.2) is 9.97 Å². The molecule has 0 atom stereocenters. The van der Waals surface area contributed by atoms with E-state index in [1.54, 1.807) is 0 Å². The van der Waals surface area contributed by atoms with E-state index >= 15 is 0 Å². The van der Waals surface area contributed by atoms with Crippen LogP contribution in [0.2, 0.25) is 0 Å². The number of anilines is 2. The van der Waals surface area contributed by atoms with E-state index in [0.717, 1.165) is 0 Å². The molecule has 1 aromatic rings. The first-order chi connectivity index (χ1) is 4.74. The number of aromatic nitrogens is 2. The van der Waals surface area contributed by atoms with Crippen LogP contribution in [0.25, 0.3) is 0 Å². The van der Waals surface area contributed by atoms with Crippen molar-refractivity contribution in [2.75, 3.05) is 11.5 Å². The lowest BCUT2D eigenvalue weighted by atomic mass is 10.3. The van der Waals surface area contributed by atoms with Crippen molar-refractivity contribution in [3.63, 3.8) is 0 Å². The van der Waals surface area contributed by atoms with Gasteiger partial charge in [0, 0.05) is 11.8 Å². The standard InChI is InChI=1S/C5H7ClN4/c6-1-3-2-9-5(8)10-4(3)7/h2H,1H2,(H4,7,8,9,10). The highest BCUT2D eigenvalue weighted by molar-refractivity contribution is 6.17. The molecule has 0 amide bonds. The molecule has 10 heavy (non-hydrogen) atoms. The molecular weight excluding hydrogens is 152 g/mol. The summed E-state index contributed by atoms with van der Waals surface area (Å²) in [5, 5.41) is 0. The Morgan fingerprint density at radius 2 is 2.20 bits per heavy atom. The van der Waals surface area contributed by atoms with Gasteiger partial charge in [0.2, 0.25) is 5.95 Å². The van der Waals surface area contributed by atoms with Gasteiger partial charge in [0.1, 0.15) is 5.82 Å². The van der Waals surface area contributed by atoms with Crippen molar-refractivity contribution >= 4 is 23.4 Å². The summed E-state index contributed by atoms with van der Waals surface area (Å²) in [5.41, 5.74) is 11.4. The maximum Gasteiger partial charge on any atom is 0.221 e. The minimum absolute atomic E-state index is 0.173. The monoisotopic (exact) mass is 158 g/mol. The fourth-order valence-electron chi connectivity index (χ4n) is 0.537. The van der Waals surface area contributed by atoms with Gasteiger partial charge >= 0.3 is 0 Å². The number of hydrogen-bond acceptors (Lipinski definition) is 4. The molecule has 0 saturated carbocycles. The number of halogens is 1. The van der Waals surface area contributed by atoms with Gasteiger partial charge in [-0.1, -0.05) is 0 Å². The van der Waals surface area contributed by atoms with Crippen molar-refractivity contribution in [3.05, 3.63) is 11.8 Å². The highest BCUT2D eigenvalue weighted by Crippen LogP contribution is 2.09. The maximum absolute atomic E-state index is 5.48. The molecule has 0 fully saturated rings. The Kier molecular flexibility index (Phi) is 1.91. The Hall–Kier alpha value is -1.03. The summed E-state index contributed by atoms with van der Waals surface area (Å²) in [6.07, 6.45) is 1.52. The molecule has 0 saturated heterocycles. The van der Waals surface area contributed by atoms with Crippen LogP contribution in [0.5, 0.6) is 0 Å². The minimum atomic E-state index is 0.173. The summed E-state index contributed by atoms with van der Waals surface area (Å²) < 4.78 is 0. The van der Waals surface area contributed by atoms with Crippen LogP contribution >= 0.6 is 11.6 Å². The molecule has 4 nitrogen and oxygen atoms in total. The van der Waals surface area contributed by atoms with Gasteiger partial charge in [0.15, 0.2) is 0 Å². The lowest BCUT2D eigenvalue weighted by Crippen LogP contribution is -2.01. The number of nitrogen functional groups attached to an aromatic ring is 2. The predicted molar refractivity (Wildman–Crippen MR) is 40.4 cm³/mol. The summed E-state index contributed by atoms with van der Waals surface area (Å²) in [6, 6.07) is 0. The molecule has 0 aliphatic carbocycles. The van der Waals surface area contributed by atoms with E-state index in [1.807, 2.05) is 0 Å². The second-order valence-electron chi connectivity index (χ2n) is 1.77. The molecule has 1 rings (SSSR count). The van der Waals surface area contributed by atoms with Crippen molar-refractivity contribution < 1.29 is 0 Å². The quantitative estimate of drug-likeness (QED) is 0.580. The number of hydrogen-bond donors (Lipinski definition) is 2. The van der Waals surface area contributed by atoms with Gasteiger partial charge < -0.3 is 11.5 Å². The van der Waals surface area contributed by atoms with Gasteiger partial charge in [-0.25, -0.2) is 4.98 Å². The molecule has 1 aromatic heterocycles. The van der Waals surface area contributed by atoms with E-state index in [0.29, 0.717) is 17.3 Å². The second kappa shape index (κ2) is 2.70. The van der Waals surface area contributed by atoms with E-state index in [1.165, 1.54) is 6.20 Å². The Morgan fingerprint density at radius 3 is 2.70 bits per heavy atom. The molecule has 0 spiro atoms. The van der Waals surface area contributed by atoms with Gasteiger partial charge in [-0.05, 0) is 0 Å². The third-order valence-corrected chi connectivity index (χ3v) is 1.35. The number of nitrogens with two attached hydrogens (primary N) is 2. The predicted octanol–water partition coefficient (Wildman–Crippen LogP) is 0.380. The van der Waals surface area contributed by atoms with Crippen LogP contribution in [0, 0.1) is 0 Å². The minimum Gasteiger partial charge on any atom is -0.383 e. The summed E-state index contributed by atoms with van der Waals surface area (Å²) in [4.78, 5) is 7.42. The van der Waals surface area contributed by atoms with Crippen LogP contribution in [0.4, 0.5) is 11.8 Å². The number of nitrogens with zero attached hydrogens (tertiary/aromatic N) is 2. The van der Waals surface area contributed by atoms with Crippen LogP contribution in [0.15, 0.2) is 6.20 Å². The van der Waals surface area contributed by atoms with Crippen LogP contribution in [-0.2, 0) is 5.88 Å². The van der Waals surface area contributed by atoms with Gasteiger partial charge in [0.05, 0.1) is 5.88 Å². The van der Waals surface area contributed by atoms with Gasteiger partial charge in [-0.3, -0.25) is 0 Å². The lowest BCUT2D eigenvalue weighted by molar-refractivity contribution is 1.14. The first-order valence-corrected chi connectivity index (χ1v) is 3.20. The van der Waals surface area contributed by atoms with E-state index in [9.17, 15) is 0 Å². The molecule has 4 N–H and O–H groups in total. The molecule has 1 heterocycles. The van der Waals surface area contributed by atoms with E-state index in [-0.39, 0.29) is 5.95 Å². The third-order valence-electron chi connectivity index (χ3n) is 1.06. The van der Waals surface area contributed by atoms with Crippen molar-refractivity contribution in [1.82, 2.24) is 9.97 Å². The molecule has 0 aromatic carbocycles. The van der Waals surface area contributed by atoms with E-state index in [2.05, 4.69) is 9.97 Å². The molecule has 0 bridgehead atoms. The normalized spacial score (nSPS) is 9.70. The highest BCUT2D eigenvalue weighted by Gasteiger charge is 1.98. The summed E-state index contributed by atoms with van der Waals surface area (Å²) in [6.45, 7) is 0. The van der Waals surface area contributed by atoms with Crippen molar-refractivity contribution in [1.29, 1.82) is 0 Å². The largest absolute Gasteiger partial charge is 0.383 e. The Bertz CT molecular complexity index is 237. The topological polar surface area (TPSA) is 77.8 Å². The SMILES string of the molecule is Nc1ncc(CCl)c(N)n1. The Labute approximate surface area is 63.2 Å². The third kappa shape index (κ3) is 1.27. The molecule has 54 valence electrons. The first kappa shape index (κ1) is 7.08. The van der Waals surface area contributed by atoms with E-state index < -0.39 is 0 Å². The fourth-order valence-corrected chi connectivity index (χ4v) is 0.743. The Morgan fingerprint density at radius 1 is 1.50 bits per heavy atom. The van der Waals surface area contributed by atoms with E-state index in [4.69, 9.17) is 23.1 Å². The average molecular weight is 159 g/mol. The second-order valence-corrected chi connectivity index (χ2v) is 2.04. The van der Waals surface area contributed by atoms with Crippen molar-refractivity contribution in [2.24, 2.45) is 0 Å². The molecule has 0 aliphatic rings. The molecule has 5 heteroatoms. The molecule has 0 radical (unpaired) electrons. The molecule has 0 aliphatic heterocycles. The number of rotatable bonds is 1. The summed E-state index contributed by atoms with van der Waals surface area (Å²) in [7, 11) is 0. The smallest absolute Gasteiger partial charge is 0.221 e. The molecule has 0 unspecified atom stereocenters. The summed E-state index contributed by atoms with van der Waals surface area (Å²) in [5.74, 6) is 0.834. The van der Waals surface area contributed by atoms with Crippen LogP contribution in [0.1, 0.15) is 5.56 Å². The maximum atomic E-state index is 5.48. The average Bonchev–Trinajstić information content (AvgIpc) is 1.88. The first-order valence-electron chi connectivity index (χ1n) is 2.67. The highest BCUT2D eigenvalue weighted by atomic mass is 35.5. The van der Waals surface area contributed by atoms with Gasteiger partial charge in [-0.2, -0.15) is 4.98 Å². The fraction of sp³-hybridized carbons (Fsp3) is 0.200. The Balaban J connectivity index is 3.07. The van der Waals surface area contributed by atoms with Crippen LogP contribution in [0.3, 0.4) is 0 Å². The summed E-state index contributed by atoms with van der Waals surface area (Å²) >= 11 is 5.48. The number of alkyl halides is 1. The van der Waals surface area contributed by atoms with Gasteiger partial charge in [-0.15, -0.1) is 11.6 Å². The zero-order valence-corrected chi connectivity index (χ0v) is 5.97. The molecular formula is C5H7ClN4. The van der Waals surface area contributed by atoms with Crippen molar-refractivity contribution in [2.45, 2.75) is 5.88 Å². The zero-order chi connectivity index (χ0) is 7.56. The van der Waals surface area contributed by atoms with Crippen molar-refractivity contribution in [3.8, 4) is 0 Å². The van der Waals surface area contributed by atoms with Gasteiger partial charge in [0.25, 0.3) is 0 Å².